The monoisotopic (exact) mass is 498 g/mol. The summed E-state index contributed by atoms with van der Waals surface area (Å²) in [6, 6.07) is 17.8. The van der Waals surface area contributed by atoms with Crippen LogP contribution in [0.15, 0.2) is 73.6 Å². The third-order valence-electron chi connectivity index (χ3n) is 6.39. The van der Waals surface area contributed by atoms with E-state index in [2.05, 4.69) is 66.6 Å². The average Bonchev–Trinajstić information content (AvgIpc) is 3.36. The van der Waals surface area contributed by atoms with Crippen molar-refractivity contribution in [3.8, 4) is 11.3 Å². The molecule has 1 fully saturated rings. The van der Waals surface area contributed by atoms with Crippen LogP contribution in [-0.2, 0) is 9.53 Å². The summed E-state index contributed by atoms with van der Waals surface area (Å²) >= 11 is 0. The number of amides is 1. The summed E-state index contributed by atoms with van der Waals surface area (Å²) in [5.74, 6) is 0.419. The molecule has 10 heteroatoms. The van der Waals surface area contributed by atoms with E-state index in [1.54, 1.807) is 18.0 Å². The predicted octanol–water partition coefficient (Wildman–Crippen LogP) is 3.43. The van der Waals surface area contributed by atoms with E-state index in [1.165, 1.54) is 11.8 Å². The quantitative estimate of drug-likeness (QED) is 0.339. The summed E-state index contributed by atoms with van der Waals surface area (Å²) in [6.07, 6.45) is 2.87. The van der Waals surface area contributed by atoms with Gasteiger partial charge in [-0.1, -0.05) is 23.9 Å². The second kappa shape index (κ2) is 11.2. The number of anilines is 4. The molecule has 37 heavy (non-hydrogen) atoms. The topological polar surface area (TPSA) is 99.9 Å². The molecule has 4 aromatic rings. The number of benzene rings is 2. The first-order valence-electron chi connectivity index (χ1n) is 12.2. The lowest BCUT2D eigenvalue weighted by Crippen LogP contribution is -2.47. The van der Waals surface area contributed by atoms with E-state index in [4.69, 9.17) is 4.74 Å². The molecule has 0 atom stereocenters. The Bertz CT molecular complexity index is 1380. The van der Waals surface area contributed by atoms with E-state index >= 15 is 0 Å². The molecule has 190 valence electrons. The number of piperazine rings is 1. The van der Waals surface area contributed by atoms with Crippen molar-refractivity contribution in [1.29, 1.82) is 0 Å². The number of carbonyl (C=O) groups excluding carboxylic acids is 1. The molecule has 0 radical (unpaired) electrons. The van der Waals surface area contributed by atoms with Crippen LogP contribution in [0.2, 0.25) is 0 Å². The Balaban J connectivity index is 1.28. The maximum atomic E-state index is 11.7. The van der Waals surface area contributed by atoms with Crippen molar-refractivity contribution in [3.05, 3.63) is 73.6 Å². The lowest BCUT2D eigenvalue weighted by atomic mass is 10.1. The normalized spacial score (nSPS) is 14.0. The molecule has 1 aliphatic rings. The Labute approximate surface area is 215 Å². The Morgan fingerprint density at radius 3 is 2.65 bits per heavy atom. The van der Waals surface area contributed by atoms with Gasteiger partial charge in [0.15, 0.2) is 0 Å². The Morgan fingerprint density at radius 2 is 1.89 bits per heavy atom. The van der Waals surface area contributed by atoms with Gasteiger partial charge in [0.1, 0.15) is 17.8 Å². The third-order valence-corrected chi connectivity index (χ3v) is 6.39. The van der Waals surface area contributed by atoms with Crippen LogP contribution in [0.4, 0.5) is 22.9 Å². The first-order valence-corrected chi connectivity index (χ1v) is 12.2. The lowest BCUT2D eigenvalue weighted by molar-refractivity contribution is -0.111. The van der Waals surface area contributed by atoms with Crippen molar-refractivity contribution >= 4 is 34.3 Å². The number of nitrogens with one attached hydrogen (secondary N) is 2. The van der Waals surface area contributed by atoms with E-state index in [1.807, 2.05) is 30.3 Å². The van der Waals surface area contributed by atoms with Crippen molar-refractivity contribution in [1.82, 2.24) is 24.7 Å². The molecule has 10 nitrogen and oxygen atoms in total. The average molecular weight is 499 g/mol. The molecule has 0 saturated carbocycles. The summed E-state index contributed by atoms with van der Waals surface area (Å²) < 4.78 is 6.82. The highest BCUT2D eigenvalue weighted by Gasteiger charge is 2.17. The fourth-order valence-electron chi connectivity index (χ4n) is 4.37. The minimum Gasteiger partial charge on any atom is -0.383 e. The fraction of sp³-hybridized carbons (Fsp3) is 0.259. The molecule has 3 heterocycles. The standard InChI is InChI=1S/C27H30N8O2/c1-3-26(36)30-22-6-4-5-20(17-22)27-24-18-25(28-19-35(24)32-31-27)29-21-7-9-23(10-8-21)34-13-11-33(12-14-34)15-16-37-2/h3-10,17-19,29H,1,11-16H2,2H3,(H,30,36). The molecule has 0 aliphatic carbocycles. The van der Waals surface area contributed by atoms with Gasteiger partial charge in [-0.3, -0.25) is 9.69 Å². The van der Waals surface area contributed by atoms with Gasteiger partial charge in [-0.25, -0.2) is 9.50 Å². The number of carbonyl (C=O) groups is 1. The van der Waals surface area contributed by atoms with E-state index in [0.717, 1.165) is 56.1 Å². The second-order valence-electron chi connectivity index (χ2n) is 8.81. The van der Waals surface area contributed by atoms with E-state index in [9.17, 15) is 4.79 Å². The minimum atomic E-state index is -0.268. The number of ether oxygens (including phenoxy) is 1. The number of aromatic nitrogens is 4. The van der Waals surface area contributed by atoms with Gasteiger partial charge >= 0.3 is 0 Å². The molecule has 2 aromatic carbocycles. The molecular formula is C27H30N8O2. The second-order valence-corrected chi connectivity index (χ2v) is 8.81. The largest absolute Gasteiger partial charge is 0.383 e. The zero-order chi connectivity index (χ0) is 25.6. The van der Waals surface area contributed by atoms with Crippen molar-refractivity contribution in [2.45, 2.75) is 0 Å². The van der Waals surface area contributed by atoms with Gasteiger partial charge in [0, 0.05) is 68.5 Å². The van der Waals surface area contributed by atoms with Crippen LogP contribution in [0.3, 0.4) is 0 Å². The van der Waals surface area contributed by atoms with Crippen LogP contribution in [0.25, 0.3) is 16.8 Å². The maximum Gasteiger partial charge on any atom is 0.247 e. The summed E-state index contributed by atoms with van der Waals surface area (Å²) in [4.78, 5) is 21.0. The van der Waals surface area contributed by atoms with Gasteiger partial charge < -0.3 is 20.3 Å². The highest BCUT2D eigenvalue weighted by molar-refractivity contribution is 5.99. The SMILES string of the molecule is C=CC(=O)Nc1cccc(-c2nnn3cnc(Nc4ccc(N5CCN(CCOC)CC5)cc4)cc23)c1. The van der Waals surface area contributed by atoms with Crippen molar-refractivity contribution in [3.63, 3.8) is 0 Å². The molecule has 0 bridgehead atoms. The number of nitrogens with zero attached hydrogens (tertiary/aromatic N) is 6. The molecule has 1 amide bonds. The van der Waals surface area contributed by atoms with Crippen LogP contribution in [-0.4, -0.2) is 77.1 Å². The molecule has 2 N–H and O–H groups in total. The number of fused-ring (bicyclic) bond motifs is 1. The zero-order valence-electron chi connectivity index (χ0n) is 20.8. The summed E-state index contributed by atoms with van der Waals surface area (Å²) in [5.41, 5.74) is 5.15. The van der Waals surface area contributed by atoms with Gasteiger partial charge in [0.25, 0.3) is 0 Å². The smallest absolute Gasteiger partial charge is 0.247 e. The van der Waals surface area contributed by atoms with Gasteiger partial charge in [0.05, 0.1) is 12.1 Å². The highest BCUT2D eigenvalue weighted by Crippen LogP contribution is 2.27. The van der Waals surface area contributed by atoms with Crippen LogP contribution >= 0.6 is 0 Å². The Hall–Kier alpha value is -4.28. The van der Waals surface area contributed by atoms with E-state index in [-0.39, 0.29) is 5.91 Å². The Morgan fingerprint density at radius 1 is 1.08 bits per heavy atom. The number of hydrogen-bond donors (Lipinski definition) is 2. The number of rotatable bonds is 9. The zero-order valence-corrected chi connectivity index (χ0v) is 20.8. The minimum absolute atomic E-state index is 0.268. The number of methoxy groups -OCH3 is 1. The maximum absolute atomic E-state index is 11.7. The summed E-state index contributed by atoms with van der Waals surface area (Å²) in [6.45, 7) is 9.34. The summed E-state index contributed by atoms with van der Waals surface area (Å²) in [7, 11) is 1.75. The van der Waals surface area contributed by atoms with Gasteiger partial charge in [-0.05, 0) is 42.5 Å². The Kier molecular flexibility index (Phi) is 7.38. The van der Waals surface area contributed by atoms with Crippen LogP contribution in [0.5, 0.6) is 0 Å². The van der Waals surface area contributed by atoms with Crippen LogP contribution < -0.4 is 15.5 Å². The summed E-state index contributed by atoms with van der Waals surface area (Å²) in [5, 5.41) is 14.7. The van der Waals surface area contributed by atoms with Crippen molar-refractivity contribution in [2.24, 2.45) is 0 Å². The molecular weight excluding hydrogens is 468 g/mol. The van der Waals surface area contributed by atoms with Gasteiger partial charge in [-0.15, -0.1) is 5.10 Å². The highest BCUT2D eigenvalue weighted by atomic mass is 16.5. The van der Waals surface area contributed by atoms with E-state index < -0.39 is 0 Å². The van der Waals surface area contributed by atoms with Crippen LogP contribution in [0, 0.1) is 0 Å². The molecule has 1 aliphatic heterocycles. The first kappa shape index (κ1) is 24.4. The predicted molar refractivity (Wildman–Crippen MR) is 145 cm³/mol. The van der Waals surface area contributed by atoms with Crippen molar-refractivity contribution < 1.29 is 9.53 Å². The molecule has 0 unspecified atom stereocenters. The fourth-order valence-corrected chi connectivity index (χ4v) is 4.37. The van der Waals surface area contributed by atoms with Crippen LogP contribution in [0.1, 0.15) is 0 Å². The van der Waals surface area contributed by atoms with Crippen molar-refractivity contribution in [2.75, 3.05) is 62.0 Å². The number of hydrogen-bond acceptors (Lipinski definition) is 8. The first-order chi connectivity index (χ1) is 18.1. The lowest BCUT2D eigenvalue weighted by Gasteiger charge is -2.36. The molecule has 1 saturated heterocycles. The van der Waals surface area contributed by atoms with E-state index in [0.29, 0.717) is 17.2 Å². The molecule has 2 aromatic heterocycles. The van der Waals surface area contributed by atoms with Gasteiger partial charge in [-0.2, -0.15) is 0 Å². The molecule has 0 spiro atoms. The third kappa shape index (κ3) is 5.76. The van der Waals surface area contributed by atoms with Gasteiger partial charge in [0.2, 0.25) is 5.91 Å². The molecule has 5 rings (SSSR count).